The molecular weight excluding hydrogens is 396 g/mol. The fourth-order valence-electron chi connectivity index (χ4n) is 5.16. The number of fused-ring (bicyclic) bond motifs is 1. The van der Waals surface area contributed by atoms with Crippen LogP contribution < -0.4 is 16.2 Å². The summed E-state index contributed by atoms with van der Waals surface area (Å²) in [5, 5.41) is 9.85. The Kier molecular flexibility index (Phi) is 5.45. The first-order valence-electron chi connectivity index (χ1n) is 10.9. The molecule has 4 rings (SSSR count). The van der Waals surface area contributed by atoms with Crippen LogP contribution in [0.2, 0.25) is 0 Å². The Morgan fingerprint density at radius 3 is 2.74 bits per heavy atom. The molecule has 2 amide bonds. The lowest BCUT2D eigenvalue weighted by atomic mass is 9.70. The number of rotatable bonds is 3. The third-order valence-corrected chi connectivity index (χ3v) is 6.13. The van der Waals surface area contributed by atoms with Crippen molar-refractivity contribution in [1.29, 1.82) is 0 Å². The first-order chi connectivity index (χ1) is 14.6. The standard InChI is InChI=1S/C22H30N6O3/c1-12-8-14(11-22(3,4)10-12)23-19(30)20(31)25-17-9-13(2)27-28(17)21-24-16-7-5-6-15(16)18(29)26-21/h9,12,14H,5-8,10-11H2,1-4H3,(H,23,30)(H,25,31)(H,24,26,29)/t12-,14-/m0/s1. The first kappa shape index (κ1) is 21.3. The molecule has 2 aliphatic carbocycles. The van der Waals surface area contributed by atoms with E-state index in [0.29, 0.717) is 17.2 Å². The van der Waals surface area contributed by atoms with Crippen LogP contribution in [0.3, 0.4) is 0 Å². The summed E-state index contributed by atoms with van der Waals surface area (Å²) in [5.41, 5.74) is 2.04. The number of carbonyl (C=O) groups is 2. The maximum atomic E-state index is 12.6. The van der Waals surface area contributed by atoms with Crippen molar-refractivity contribution >= 4 is 17.6 Å². The van der Waals surface area contributed by atoms with E-state index in [9.17, 15) is 14.4 Å². The SMILES string of the molecule is Cc1cc(NC(=O)C(=O)N[C@H]2C[C@H](C)CC(C)(C)C2)n(-c2nc3c(c(=O)[nH]2)CCC3)n1. The van der Waals surface area contributed by atoms with Crippen LogP contribution in [0.5, 0.6) is 0 Å². The Morgan fingerprint density at radius 1 is 1.23 bits per heavy atom. The molecule has 2 aromatic rings. The normalized spacial score (nSPS) is 22.1. The van der Waals surface area contributed by atoms with Crippen molar-refractivity contribution in [3.63, 3.8) is 0 Å². The second-order valence-electron chi connectivity index (χ2n) is 9.79. The van der Waals surface area contributed by atoms with E-state index in [1.807, 2.05) is 0 Å². The molecule has 2 aromatic heterocycles. The number of carbonyl (C=O) groups excluding carboxylic acids is 2. The number of amides is 2. The lowest BCUT2D eigenvalue weighted by Crippen LogP contribution is -2.46. The Bertz CT molecular complexity index is 1080. The predicted octanol–water partition coefficient (Wildman–Crippen LogP) is 2.02. The summed E-state index contributed by atoms with van der Waals surface area (Å²) in [6.07, 6.45) is 5.17. The van der Waals surface area contributed by atoms with Gasteiger partial charge in [0, 0.05) is 17.7 Å². The molecule has 166 valence electrons. The minimum absolute atomic E-state index is 0.0293. The molecule has 0 spiro atoms. The fourth-order valence-corrected chi connectivity index (χ4v) is 5.16. The first-order valence-corrected chi connectivity index (χ1v) is 10.9. The van der Waals surface area contributed by atoms with Gasteiger partial charge in [0.25, 0.3) is 5.56 Å². The van der Waals surface area contributed by atoms with Gasteiger partial charge < -0.3 is 10.6 Å². The minimum atomic E-state index is -0.763. The summed E-state index contributed by atoms with van der Waals surface area (Å²) in [5.74, 6) is -0.422. The number of nitrogens with zero attached hydrogens (tertiary/aromatic N) is 3. The van der Waals surface area contributed by atoms with E-state index >= 15 is 0 Å². The molecule has 0 aliphatic heterocycles. The van der Waals surface area contributed by atoms with Crippen molar-refractivity contribution in [2.45, 2.75) is 72.3 Å². The van der Waals surface area contributed by atoms with Crippen LogP contribution in [0.25, 0.3) is 5.95 Å². The zero-order valence-corrected chi connectivity index (χ0v) is 18.5. The van der Waals surface area contributed by atoms with Crippen molar-refractivity contribution in [3.05, 3.63) is 33.4 Å². The van der Waals surface area contributed by atoms with Gasteiger partial charge in [0.15, 0.2) is 0 Å². The molecule has 3 N–H and O–H groups in total. The lowest BCUT2D eigenvalue weighted by Gasteiger charge is -2.39. The zero-order chi connectivity index (χ0) is 22.3. The second kappa shape index (κ2) is 7.94. The van der Waals surface area contributed by atoms with Gasteiger partial charge in [0.05, 0.1) is 11.4 Å². The summed E-state index contributed by atoms with van der Waals surface area (Å²) >= 11 is 0. The maximum absolute atomic E-state index is 12.6. The number of H-pyrrole nitrogens is 1. The maximum Gasteiger partial charge on any atom is 0.314 e. The zero-order valence-electron chi connectivity index (χ0n) is 18.5. The molecule has 1 saturated carbocycles. The highest BCUT2D eigenvalue weighted by atomic mass is 16.2. The summed E-state index contributed by atoms with van der Waals surface area (Å²) in [6.45, 7) is 8.32. The molecule has 0 bridgehead atoms. The van der Waals surface area contributed by atoms with Gasteiger partial charge in [-0.2, -0.15) is 9.78 Å². The molecule has 9 heteroatoms. The summed E-state index contributed by atoms with van der Waals surface area (Å²) in [7, 11) is 0. The summed E-state index contributed by atoms with van der Waals surface area (Å²) < 4.78 is 1.37. The Hall–Kier alpha value is -2.97. The molecule has 1 fully saturated rings. The molecule has 2 heterocycles. The fraction of sp³-hybridized carbons (Fsp3) is 0.591. The summed E-state index contributed by atoms with van der Waals surface area (Å²) in [4.78, 5) is 44.8. The van der Waals surface area contributed by atoms with Crippen LogP contribution in [0.4, 0.5) is 5.82 Å². The van der Waals surface area contributed by atoms with E-state index in [1.54, 1.807) is 13.0 Å². The van der Waals surface area contributed by atoms with Crippen molar-refractivity contribution in [3.8, 4) is 5.95 Å². The highest BCUT2D eigenvalue weighted by Crippen LogP contribution is 2.38. The largest absolute Gasteiger partial charge is 0.345 e. The molecule has 0 radical (unpaired) electrons. The molecule has 2 atom stereocenters. The highest BCUT2D eigenvalue weighted by molar-refractivity contribution is 6.39. The molecule has 0 aromatic carbocycles. The van der Waals surface area contributed by atoms with Gasteiger partial charge in [0.2, 0.25) is 5.95 Å². The Balaban J connectivity index is 1.50. The van der Waals surface area contributed by atoms with Gasteiger partial charge >= 0.3 is 11.8 Å². The van der Waals surface area contributed by atoms with E-state index < -0.39 is 11.8 Å². The highest BCUT2D eigenvalue weighted by Gasteiger charge is 2.33. The van der Waals surface area contributed by atoms with E-state index in [4.69, 9.17) is 0 Å². The molecule has 31 heavy (non-hydrogen) atoms. The molecule has 2 aliphatic rings. The van der Waals surface area contributed by atoms with Crippen LogP contribution in [-0.2, 0) is 22.4 Å². The number of aryl methyl sites for hydroxylation is 2. The molecule has 0 unspecified atom stereocenters. The monoisotopic (exact) mass is 426 g/mol. The molecule has 0 saturated heterocycles. The second-order valence-corrected chi connectivity index (χ2v) is 9.79. The van der Waals surface area contributed by atoms with Gasteiger partial charge in [-0.3, -0.25) is 19.4 Å². The average molecular weight is 427 g/mol. The van der Waals surface area contributed by atoms with Crippen molar-refractivity contribution < 1.29 is 9.59 Å². The number of anilines is 1. The average Bonchev–Trinajstić information content (AvgIpc) is 3.26. The van der Waals surface area contributed by atoms with Crippen LogP contribution in [0, 0.1) is 18.3 Å². The van der Waals surface area contributed by atoms with Crippen LogP contribution in [-0.4, -0.2) is 37.6 Å². The molecule has 9 nitrogen and oxygen atoms in total. The topological polar surface area (TPSA) is 122 Å². The lowest BCUT2D eigenvalue weighted by molar-refractivity contribution is -0.137. The number of hydrogen-bond donors (Lipinski definition) is 3. The van der Waals surface area contributed by atoms with Crippen LogP contribution in [0.1, 0.15) is 63.4 Å². The predicted molar refractivity (Wildman–Crippen MR) is 116 cm³/mol. The van der Waals surface area contributed by atoms with Crippen molar-refractivity contribution in [1.82, 2.24) is 25.1 Å². The van der Waals surface area contributed by atoms with Gasteiger partial charge in [-0.05, 0) is 56.8 Å². The quantitative estimate of drug-likeness (QED) is 0.648. The van der Waals surface area contributed by atoms with Gasteiger partial charge in [0.1, 0.15) is 5.82 Å². The van der Waals surface area contributed by atoms with E-state index in [0.717, 1.165) is 44.2 Å². The number of aromatic amines is 1. The summed E-state index contributed by atoms with van der Waals surface area (Å²) in [6, 6.07) is 1.61. The smallest absolute Gasteiger partial charge is 0.314 e. The van der Waals surface area contributed by atoms with E-state index in [1.165, 1.54) is 4.68 Å². The van der Waals surface area contributed by atoms with Crippen molar-refractivity contribution in [2.75, 3.05) is 5.32 Å². The van der Waals surface area contributed by atoms with Gasteiger partial charge in [-0.1, -0.05) is 20.8 Å². The number of nitrogens with one attached hydrogen (secondary N) is 3. The minimum Gasteiger partial charge on any atom is -0.345 e. The third kappa shape index (κ3) is 4.55. The number of aromatic nitrogens is 4. The van der Waals surface area contributed by atoms with Crippen molar-refractivity contribution in [2.24, 2.45) is 11.3 Å². The van der Waals surface area contributed by atoms with E-state index in [2.05, 4.69) is 46.5 Å². The van der Waals surface area contributed by atoms with Gasteiger partial charge in [-0.15, -0.1) is 0 Å². The Morgan fingerprint density at radius 2 is 2.00 bits per heavy atom. The van der Waals surface area contributed by atoms with Gasteiger partial charge in [-0.25, -0.2) is 4.98 Å². The number of hydrogen-bond acceptors (Lipinski definition) is 5. The van der Waals surface area contributed by atoms with Crippen LogP contribution in [0.15, 0.2) is 10.9 Å². The van der Waals surface area contributed by atoms with Crippen LogP contribution >= 0.6 is 0 Å². The van der Waals surface area contributed by atoms with E-state index in [-0.39, 0.29) is 28.8 Å². The third-order valence-electron chi connectivity index (χ3n) is 6.13. The molecular formula is C22H30N6O3. The Labute approximate surface area is 181 Å².